The first-order valence-electron chi connectivity index (χ1n) is 8.15. The van der Waals surface area contributed by atoms with Crippen LogP contribution in [0.25, 0.3) is 0 Å². The Morgan fingerprint density at radius 3 is 2.62 bits per heavy atom. The van der Waals surface area contributed by atoms with Gasteiger partial charge in [0.1, 0.15) is 6.04 Å². The zero-order valence-corrected chi connectivity index (χ0v) is 12.4. The second kappa shape index (κ2) is 5.34. The van der Waals surface area contributed by atoms with E-state index in [0.717, 1.165) is 44.2 Å². The molecule has 0 unspecified atom stereocenters. The van der Waals surface area contributed by atoms with E-state index in [4.69, 9.17) is 0 Å². The molecule has 1 atom stereocenters. The Morgan fingerprint density at radius 1 is 1.14 bits per heavy atom. The van der Waals surface area contributed by atoms with Crippen LogP contribution in [-0.4, -0.2) is 54.5 Å². The van der Waals surface area contributed by atoms with E-state index in [9.17, 15) is 4.79 Å². The van der Waals surface area contributed by atoms with Gasteiger partial charge in [0.05, 0.1) is 0 Å². The van der Waals surface area contributed by atoms with Gasteiger partial charge in [-0.3, -0.25) is 9.69 Å². The maximum atomic E-state index is 12.7. The maximum absolute atomic E-state index is 12.7. The van der Waals surface area contributed by atoms with Crippen LogP contribution in [0.3, 0.4) is 0 Å². The van der Waals surface area contributed by atoms with Gasteiger partial charge in [0.25, 0.3) is 0 Å². The average Bonchev–Trinajstić information content (AvgIpc) is 3.22. The number of benzene rings is 1. The van der Waals surface area contributed by atoms with Gasteiger partial charge in [0.2, 0.25) is 5.91 Å². The molecule has 2 heterocycles. The first-order valence-corrected chi connectivity index (χ1v) is 8.15. The molecule has 1 N–H and O–H groups in total. The number of hydrogen-bond acceptors (Lipinski definition) is 3. The summed E-state index contributed by atoms with van der Waals surface area (Å²) in [6.45, 7) is 5.11. The van der Waals surface area contributed by atoms with Crippen molar-refractivity contribution in [2.75, 3.05) is 38.0 Å². The molecule has 1 amide bonds. The quantitative estimate of drug-likeness (QED) is 0.916. The molecule has 2 aliphatic heterocycles. The Hall–Kier alpha value is -1.55. The normalized spacial score (nSPS) is 25.5. The van der Waals surface area contributed by atoms with Crippen molar-refractivity contribution < 1.29 is 4.79 Å². The lowest BCUT2D eigenvalue weighted by Gasteiger charge is -2.36. The van der Waals surface area contributed by atoms with Gasteiger partial charge in [-0.25, -0.2) is 0 Å². The third-order valence-electron chi connectivity index (χ3n) is 4.97. The maximum Gasteiger partial charge on any atom is 0.245 e. The molecule has 0 radical (unpaired) electrons. The summed E-state index contributed by atoms with van der Waals surface area (Å²) in [5.74, 6) is 1.22. The molecule has 4 heteroatoms. The number of anilines is 1. The minimum absolute atomic E-state index is 0.0580. The first kappa shape index (κ1) is 13.1. The van der Waals surface area contributed by atoms with E-state index in [1.54, 1.807) is 0 Å². The van der Waals surface area contributed by atoms with Crippen molar-refractivity contribution in [3.63, 3.8) is 0 Å². The predicted molar refractivity (Wildman–Crippen MR) is 83.3 cm³/mol. The molecule has 0 spiro atoms. The van der Waals surface area contributed by atoms with Crippen molar-refractivity contribution >= 4 is 11.6 Å². The summed E-state index contributed by atoms with van der Waals surface area (Å²) in [6.07, 6.45) is 3.64. The SMILES string of the molecule is O=C([C@@H]1Cc2ccccc2N1)N1CCN(CC2CC2)CC1. The lowest BCUT2D eigenvalue weighted by atomic mass is 10.1. The van der Waals surface area contributed by atoms with Crippen LogP contribution in [0, 0.1) is 5.92 Å². The number of para-hydroxylation sites is 1. The van der Waals surface area contributed by atoms with Crippen LogP contribution in [0.15, 0.2) is 24.3 Å². The minimum atomic E-state index is -0.0580. The van der Waals surface area contributed by atoms with Gasteiger partial charge >= 0.3 is 0 Å². The van der Waals surface area contributed by atoms with Gasteiger partial charge in [-0.05, 0) is 30.4 Å². The Balaban J connectivity index is 1.32. The average molecular weight is 285 g/mol. The van der Waals surface area contributed by atoms with Gasteiger partial charge < -0.3 is 10.2 Å². The monoisotopic (exact) mass is 285 g/mol. The van der Waals surface area contributed by atoms with Crippen molar-refractivity contribution in [3.8, 4) is 0 Å². The third-order valence-corrected chi connectivity index (χ3v) is 4.97. The summed E-state index contributed by atoms with van der Waals surface area (Å²) in [5, 5.41) is 3.38. The van der Waals surface area contributed by atoms with Crippen LogP contribution in [0.5, 0.6) is 0 Å². The van der Waals surface area contributed by atoms with Crippen LogP contribution in [0.4, 0.5) is 5.69 Å². The van der Waals surface area contributed by atoms with E-state index in [1.165, 1.54) is 24.9 Å². The predicted octanol–water partition coefficient (Wildman–Crippen LogP) is 1.58. The van der Waals surface area contributed by atoms with Crippen LogP contribution < -0.4 is 5.32 Å². The fraction of sp³-hybridized carbons (Fsp3) is 0.588. The molecule has 1 saturated heterocycles. The number of piperazine rings is 1. The van der Waals surface area contributed by atoms with E-state index < -0.39 is 0 Å². The van der Waals surface area contributed by atoms with E-state index >= 15 is 0 Å². The standard InChI is InChI=1S/C17H23N3O/c21-17(16-11-14-3-1-2-4-15(14)18-16)20-9-7-19(8-10-20)12-13-5-6-13/h1-4,13,16,18H,5-12H2/t16-/m0/s1. The molecule has 1 aliphatic carbocycles. The van der Waals surface area contributed by atoms with Crippen LogP contribution in [-0.2, 0) is 11.2 Å². The summed E-state index contributed by atoms with van der Waals surface area (Å²) in [4.78, 5) is 17.2. The highest BCUT2D eigenvalue weighted by Gasteiger charge is 2.32. The highest BCUT2D eigenvalue weighted by atomic mass is 16.2. The number of amides is 1. The van der Waals surface area contributed by atoms with Crippen molar-refractivity contribution in [1.82, 2.24) is 9.80 Å². The van der Waals surface area contributed by atoms with Gasteiger partial charge in [0.15, 0.2) is 0 Å². The molecule has 1 aromatic rings. The highest BCUT2D eigenvalue weighted by molar-refractivity contribution is 5.87. The van der Waals surface area contributed by atoms with Crippen molar-refractivity contribution in [3.05, 3.63) is 29.8 Å². The zero-order valence-electron chi connectivity index (χ0n) is 12.4. The summed E-state index contributed by atoms with van der Waals surface area (Å²) in [6, 6.07) is 8.19. The van der Waals surface area contributed by atoms with E-state index in [1.807, 2.05) is 17.0 Å². The summed E-state index contributed by atoms with van der Waals surface area (Å²) < 4.78 is 0. The fourth-order valence-corrected chi connectivity index (χ4v) is 3.48. The number of hydrogen-bond donors (Lipinski definition) is 1. The molecule has 0 aromatic heterocycles. The molecule has 4 rings (SSSR count). The number of nitrogens with zero attached hydrogens (tertiary/aromatic N) is 2. The lowest BCUT2D eigenvalue weighted by molar-refractivity contribution is -0.133. The molecule has 4 nitrogen and oxygen atoms in total. The molecule has 1 aromatic carbocycles. The number of carbonyl (C=O) groups is 1. The van der Waals surface area contributed by atoms with E-state index in [0.29, 0.717) is 0 Å². The molecular formula is C17H23N3O. The fourth-order valence-electron chi connectivity index (χ4n) is 3.48. The van der Waals surface area contributed by atoms with Gasteiger partial charge in [-0.2, -0.15) is 0 Å². The molecule has 0 bridgehead atoms. The van der Waals surface area contributed by atoms with Crippen LogP contribution in [0.1, 0.15) is 18.4 Å². The second-order valence-electron chi connectivity index (χ2n) is 6.63. The van der Waals surface area contributed by atoms with Crippen LogP contribution >= 0.6 is 0 Å². The van der Waals surface area contributed by atoms with Gasteiger partial charge in [-0.15, -0.1) is 0 Å². The summed E-state index contributed by atoms with van der Waals surface area (Å²) in [7, 11) is 0. The number of fused-ring (bicyclic) bond motifs is 1. The summed E-state index contributed by atoms with van der Waals surface area (Å²) in [5.41, 5.74) is 2.39. The zero-order chi connectivity index (χ0) is 14.2. The Labute approximate surface area is 126 Å². The smallest absolute Gasteiger partial charge is 0.245 e. The topological polar surface area (TPSA) is 35.6 Å². The number of carbonyl (C=O) groups excluding carboxylic acids is 1. The molecule has 1 saturated carbocycles. The van der Waals surface area contributed by atoms with Crippen molar-refractivity contribution in [2.45, 2.75) is 25.3 Å². The number of rotatable bonds is 3. The third kappa shape index (κ3) is 2.77. The van der Waals surface area contributed by atoms with Crippen molar-refractivity contribution in [1.29, 1.82) is 0 Å². The molecule has 3 aliphatic rings. The molecular weight excluding hydrogens is 262 g/mol. The Morgan fingerprint density at radius 2 is 1.90 bits per heavy atom. The molecule has 2 fully saturated rings. The van der Waals surface area contributed by atoms with E-state index in [-0.39, 0.29) is 11.9 Å². The largest absolute Gasteiger partial charge is 0.373 e. The van der Waals surface area contributed by atoms with Gasteiger partial charge in [-0.1, -0.05) is 18.2 Å². The Bertz CT molecular complexity index is 508. The molecule has 112 valence electrons. The number of nitrogens with one attached hydrogen (secondary N) is 1. The van der Waals surface area contributed by atoms with Gasteiger partial charge in [0, 0.05) is 44.8 Å². The second-order valence-corrected chi connectivity index (χ2v) is 6.63. The summed E-state index contributed by atoms with van der Waals surface area (Å²) >= 11 is 0. The molecule has 21 heavy (non-hydrogen) atoms. The minimum Gasteiger partial charge on any atom is -0.373 e. The van der Waals surface area contributed by atoms with Crippen LogP contribution in [0.2, 0.25) is 0 Å². The van der Waals surface area contributed by atoms with E-state index in [2.05, 4.69) is 22.3 Å². The highest BCUT2D eigenvalue weighted by Crippen LogP contribution is 2.30. The Kier molecular flexibility index (Phi) is 3.34. The van der Waals surface area contributed by atoms with Crippen molar-refractivity contribution in [2.24, 2.45) is 5.92 Å². The first-order chi connectivity index (χ1) is 10.3. The lowest BCUT2D eigenvalue weighted by Crippen LogP contribution is -2.52.